The Morgan fingerprint density at radius 2 is 2.12 bits per heavy atom. The molecule has 1 heterocycles. The summed E-state index contributed by atoms with van der Waals surface area (Å²) in [5.74, 6) is 0.460. The van der Waals surface area contributed by atoms with E-state index in [1.807, 2.05) is 26.0 Å². The normalized spacial score (nSPS) is 11.5. The van der Waals surface area contributed by atoms with Crippen LogP contribution in [-0.4, -0.2) is 22.9 Å². The fraction of sp³-hybridized carbons (Fsp3) is 0.176. The molecule has 3 rings (SSSR count). The van der Waals surface area contributed by atoms with Gasteiger partial charge in [0, 0.05) is 15.2 Å². The number of hydrogen-bond acceptors (Lipinski definition) is 5. The van der Waals surface area contributed by atoms with Crippen molar-refractivity contribution in [3.63, 3.8) is 0 Å². The Balaban J connectivity index is 2.01. The van der Waals surface area contributed by atoms with Gasteiger partial charge in [0.15, 0.2) is 11.5 Å². The van der Waals surface area contributed by atoms with Crippen LogP contribution in [0.25, 0.3) is 10.2 Å². The van der Waals surface area contributed by atoms with E-state index < -0.39 is 0 Å². The molecule has 0 bridgehead atoms. The van der Waals surface area contributed by atoms with Crippen LogP contribution in [0.4, 0.5) is 5.13 Å². The lowest BCUT2D eigenvalue weighted by atomic mass is 10.2. The number of aromatic nitrogens is 1. The van der Waals surface area contributed by atoms with E-state index in [4.69, 9.17) is 4.74 Å². The zero-order valence-electron chi connectivity index (χ0n) is 13.0. The van der Waals surface area contributed by atoms with E-state index >= 15 is 0 Å². The first-order valence-corrected chi connectivity index (χ1v) is 9.65. The third-order valence-electron chi connectivity index (χ3n) is 3.33. The van der Waals surface area contributed by atoms with E-state index in [0.29, 0.717) is 27.5 Å². The second-order valence-electron chi connectivity index (χ2n) is 5.09. The number of aryl methyl sites for hydroxylation is 1. The van der Waals surface area contributed by atoms with Crippen molar-refractivity contribution in [3.8, 4) is 11.5 Å². The Morgan fingerprint density at radius 3 is 2.88 bits per heavy atom. The molecule has 7 heteroatoms. The quantitative estimate of drug-likeness (QED) is 0.477. The summed E-state index contributed by atoms with van der Waals surface area (Å²) in [5.41, 5.74) is 2.66. The van der Waals surface area contributed by atoms with Gasteiger partial charge >= 0.3 is 0 Å². The molecule has 0 aliphatic rings. The Bertz CT molecular complexity index is 938. The van der Waals surface area contributed by atoms with Crippen LogP contribution in [0.3, 0.4) is 0 Å². The minimum absolute atomic E-state index is 0.0487. The van der Waals surface area contributed by atoms with Gasteiger partial charge in [0.2, 0.25) is 5.13 Å². The molecule has 0 atom stereocenters. The fourth-order valence-electron chi connectivity index (χ4n) is 2.19. The molecular weight excluding hydrogens is 456 g/mol. The highest BCUT2D eigenvalue weighted by atomic mass is 79.9. The van der Waals surface area contributed by atoms with Crippen molar-refractivity contribution in [1.82, 2.24) is 4.98 Å². The van der Waals surface area contributed by atoms with Crippen LogP contribution >= 0.6 is 43.2 Å². The topological polar surface area (TPSA) is 54.7 Å². The molecule has 0 aliphatic carbocycles. The molecule has 4 nitrogen and oxygen atoms in total. The van der Waals surface area contributed by atoms with E-state index in [-0.39, 0.29) is 5.75 Å². The van der Waals surface area contributed by atoms with Gasteiger partial charge in [-0.25, -0.2) is 9.98 Å². The standard InChI is InChI=1S/C17H14Br2N2O2S/c1-3-23-13-7-11(18)15(19)10(16(13)22)8-20-17-21-12-5-4-9(2)6-14(12)24-17/h4-8,22H,3H2,1-2H3/b20-8+. The van der Waals surface area contributed by atoms with Crippen molar-refractivity contribution in [2.24, 2.45) is 4.99 Å². The van der Waals surface area contributed by atoms with Crippen molar-refractivity contribution in [1.29, 1.82) is 0 Å². The summed E-state index contributed by atoms with van der Waals surface area (Å²) in [7, 11) is 0. The number of thiazole rings is 1. The first-order chi connectivity index (χ1) is 11.5. The molecule has 0 fully saturated rings. The van der Waals surface area contributed by atoms with Gasteiger partial charge in [0.25, 0.3) is 0 Å². The zero-order chi connectivity index (χ0) is 17.3. The number of rotatable bonds is 4. The van der Waals surface area contributed by atoms with Crippen molar-refractivity contribution in [2.75, 3.05) is 6.61 Å². The highest BCUT2D eigenvalue weighted by molar-refractivity contribution is 9.13. The molecular formula is C17H14Br2N2O2S. The lowest BCUT2D eigenvalue weighted by molar-refractivity contribution is 0.317. The van der Waals surface area contributed by atoms with E-state index in [1.54, 1.807) is 12.3 Å². The third kappa shape index (κ3) is 3.48. The van der Waals surface area contributed by atoms with Gasteiger partial charge < -0.3 is 9.84 Å². The number of phenols is 1. The molecule has 0 saturated heterocycles. The maximum atomic E-state index is 10.4. The predicted octanol–water partition coefficient (Wildman–Crippen LogP) is 5.98. The monoisotopic (exact) mass is 468 g/mol. The molecule has 0 saturated carbocycles. The Kier molecular flexibility index (Phi) is 5.22. The minimum Gasteiger partial charge on any atom is -0.504 e. The molecule has 124 valence electrons. The summed E-state index contributed by atoms with van der Waals surface area (Å²) in [4.78, 5) is 8.91. The lowest BCUT2D eigenvalue weighted by Crippen LogP contribution is -1.95. The van der Waals surface area contributed by atoms with Gasteiger partial charge in [-0.1, -0.05) is 17.4 Å². The molecule has 0 radical (unpaired) electrons. The lowest BCUT2D eigenvalue weighted by Gasteiger charge is -2.11. The molecule has 0 amide bonds. The minimum atomic E-state index is 0.0487. The van der Waals surface area contributed by atoms with Crippen molar-refractivity contribution in [2.45, 2.75) is 13.8 Å². The van der Waals surface area contributed by atoms with Gasteiger partial charge in [0.05, 0.1) is 22.4 Å². The summed E-state index contributed by atoms with van der Waals surface area (Å²) < 4.78 is 8.04. The van der Waals surface area contributed by atoms with Crippen LogP contribution in [0.1, 0.15) is 18.1 Å². The summed E-state index contributed by atoms with van der Waals surface area (Å²) in [6.07, 6.45) is 1.59. The molecule has 1 N–H and O–H groups in total. The summed E-state index contributed by atoms with van der Waals surface area (Å²) in [6, 6.07) is 7.83. The van der Waals surface area contributed by atoms with Crippen LogP contribution in [-0.2, 0) is 0 Å². The molecule has 0 aliphatic heterocycles. The van der Waals surface area contributed by atoms with Crippen LogP contribution in [0.2, 0.25) is 0 Å². The van der Waals surface area contributed by atoms with E-state index in [9.17, 15) is 5.11 Å². The second-order valence-corrected chi connectivity index (χ2v) is 7.75. The van der Waals surface area contributed by atoms with Crippen molar-refractivity contribution >= 4 is 64.8 Å². The van der Waals surface area contributed by atoms with Crippen LogP contribution in [0.5, 0.6) is 11.5 Å². The van der Waals surface area contributed by atoms with E-state index in [1.165, 1.54) is 16.9 Å². The summed E-state index contributed by atoms with van der Waals surface area (Å²) in [5, 5.41) is 11.0. The number of phenolic OH excluding ortho intramolecular Hbond substituents is 1. The smallest absolute Gasteiger partial charge is 0.210 e. The number of aliphatic imine (C=N–C) groups is 1. The number of halogens is 2. The molecule has 0 unspecified atom stereocenters. The number of fused-ring (bicyclic) bond motifs is 1. The number of nitrogens with zero attached hydrogens (tertiary/aromatic N) is 2. The zero-order valence-corrected chi connectivity index (χ0v) is 17.0. The van der Waals surface area contributed by atoms with Gasteiger partial charge in [-0.2, -0.15) is 0 Å². The van der Waals surface area contributed by atoms with Gasteiger partial charge in [0.1, 0.15) is 0 Å². The average Bonchev–Trinajstić information content (AvgIpc) is 2.94. The van der Waals surface area contributed by atoms with Crippen LogP contribution < -0.4 is 4.74 Å². The fourth-order valence-corrected chi connectivity index (χ4v) is 3.93. The Labute approximate surface area is 160 Å². The highest BCUT2D eigenvalue weighted by Crippen LogP contribution is 2.40. The predicted molar refractivity (Wildman–Crippen MR) is 106 cm³/mol. The maximum Gasteiger partial charge on any atom is 0.210 e. The number of hydrogen-bond donors (Lipinski definition) is 1. The largest absolute Gasteiger partial charge is 0.504 e. The van der Waals surface area contributed by atoms with Gasteiger partial charge in [-0.05, 0) is 69.5 Å². The molecule has 24 heavy (non-hydrogen) atoms. The first kappa shape index (κ1) is 17.4. The maximum absolute atomic E-state index is 10.4. The molecule has 0 spiro atoms. The SMILES string of the molecule is CCOc1cc(Br)c(Br)c(/C=N/c2nc3ccc(C)cc3s2)c1O. The molecule has 1 aromatic heterocycles. The van der Waals surface area contributed by atoms with Crippen LogP contribution in [0, 0.1) is 6.92 Å². The van der Waals surface area contributed by atoms with Gasteiger partial charge in [-0.15, -0.1) is 0 Å². The summed E-state index contributed by atoms with van der Waals surface area (Å²) >= 11 is 8.43. The highest BCUT2D eigenvalue weighted by Gasteiger charge is 2.15. The van der Waals surface area contributed by atoms with Gasteiger partial charge in [-0.3, -0.25) is 0 Å². The Morgan fingerprint density at radius 1 is 1.33 bits per heavy atom. The average molecular weight is 470 g/mol. The number of ether oxygens (including phenoxy) is 1. The Hall–Kier alpha value is -1.44. The van der Waals surface area contributed by atoms with Crippen molar-refractivity contribution < 1.29 is 9.84 Å². The van der Waals surface area contributed by atoms with E-state index in [2.05, 4.69) is 47.9 Å². The molecule has 3 aromatic rings. The summed E-state index contributed by atoms with van der Waals surface area (Å²) in [6.45, 7) is 4.38. The second kappa shape index (κ2) is 7.21. The van der Waals surface area contributed by atoms with Crippen molar-refractivity contribution in [3.05, 3.63) is 44.3 Å². The molecule has 2 aromatic carbocycles. The number of aromatic hydroxyl groups is 1. The third-order valence-corrected chi connectivity index (χ3v) is 6.27. The first-order valence-electron chi connectivity index (χ1n) is 7.24. The van der Waals surface area contributed by atoms with Crippen LogP contribution in [0.15, 0.2) is 38.2 Å². The van der Waals surface area contributed by atoms with E-state index in [0.717, 1.165) is 14.7 Å². The number of benzene rings is 2.